The fraction of sp³-hybridized carbons (Fsp3) is 0.467. The van der Waals surface area contributed by atoms with Crippen LogP contribution in [-0.4, -0.2) is 34.5 Å². The zero-order valence-electron chi connectivity index (χ0n) is 11.8. The van der Waals surface area contributed by atoms with Crippen LogP contribution in [-0.2, 0) is 4.79 Å². The summed E-state index contributed by atoms with van der Waals surface area (Å²) in [6, 6.07) is 4.36. The molecule has 2 atom stereocenters. The lowest BCUT2D eigenvalue weighted by atomic mass is 9.91. The standard InChI is InChI=1S/C15H20N2O3/c1-9-5-6-17(13(7-9)15(19)20)14(18)11-4-3-10(2)12(16)8-11/h3-4,8-9,13H,5-7,16H2,1-2H3,(H,19,20). The molecular formula is C15H20N2O3. The van der Waals surface area contributed by atoms with Gasteiger partial charge in [-0.25, -0.2) is 4.79 Å². The second-order valence-electron chi connectivity index (χ2n) is 5.55. The molecule has 5 nitrogen and oxygen atoms in total. The highest BCUT2D eigenvalue weighted by atomic mass is 16.4. The van der Waals surface area contributed by atoms with E-state index in [1.807, 2.05) is 13.8 Å². The van der Waals surface area contributed by atoms with Crippen LogP contribution < -0.4 is 5.73 Å². The molecule has 20 heavy (non-hydrogen) atoms. The Hall–Kier alpha value is -2.04. The number of hydrogen-bond acceptors (Lipinski definition) is 3. The van der Waals surface area contributed by atoms with Crippen molar-refractivity contribution < 1.29 is 14.7 Å². The predicted molar refractivity (Wildman–Crippen MR) is 76.4 cm³/mol. The van der Waals surface area contributed by atoms with E-state index in [0.29, 0.717) is 30.1 Å². The van der Waals surface area contributed by atoms with Gasteiger partial charge in [-0.05, 0) is 43.4 Å². The van der Waals surface area contributed by atoms with Gasteiger partial charge in [-0.2, -0.15) is 0 Å². The third-order valence-electron chi connectivity index (χ3n) is 3.94. The molecule has 0 bridgehead atoms. The maximum atomic E-state index is 12.5. The lowest BCUT2D eigenvalue weighted by Gasteiger charge is -2.36. The minimum atomic E-state index is -0.940. The van der Waals surface area contributed by atoms with Gasteiger partial charge in [0.1, 0.15) is 6.04 Å². The van der Waals surface area contributed by atoms with Gasteiger partial charge in [0.05, 0.1) is 0 Å². The number of aliphatic carboxylic acids is 1. The molecule has 1 aliphatic heterocycles. The lowest BCUT2D eigenvalue weighted by molar-refractivity contribution is -0.144. The summed E-state index contributed by atoms with van der Waals surface area (Å²) in [6.45, 7) is 4.36. The number of nitrogens with two attached hydrogens (primary N) is 1. The highest BCUT2D eigenvalue weighted by Gasteiger charge is 2.35. The van der Waals surface area contributed by atoms with E-state index in [1.165, 1.54) is 4.90 Å². The SMILES string of the molecule is Cc1ccc(C(=O)N2CCC(C)CC2C(=O)O)cc1N. The number of rotatable bonds is 2. The number of likely N-dealkylation sites (tertiary alicyclic amines) is 1. The number of carbonyl (C=O) groups is 2. The van der Waals surface area contributed by atoms with Crippen LogP contribution in [0.25, 0.3) is 0 Å². The fourth-order valence-electron chi connectivity index (χ4n) is 2.56. The number of nitrogens with zero attached hydrogens (tertiary/aromatic N) is 1. The molecule has 3 N–H and O–H groups in total. The van der Waals surface area contributed by atoms with E-state index >= 15 is 0 Å². The highest BCUT2D eigenvalue weighted by molar-refractivity contribution is 5.97. The summed E-state index contributed by atoms with van der Waals surface area (Å²) < 4.78 is 0. The Labute approximate surface area is 118 Å². The van der Waals surface area contributed by atoms with Gasteiger partial charge in [0.25, 0.3) is 5.91 Å². The number of carboxylic acids is 1. The Morgan fingerprint density at radius 3 is 2.70 bits per heavy atom. The maximum Gasteiger partial charge on any atom is 0.326 e. The van der Waals surface area contributed by atoms with Crippen molar-refractivity contribution >= 4 is 17.6 Å². The van der Waals surface area contributed by atoms with Gasteiger partial charge in [0.2, 0.25) is 0 Å². The predicted octanol–water partition coefficient (Wildman–Crippen LogP) is 1.90. The summed E-state index contributed by atoms with van der Waals surface area (Å²) >= 11 is 0. The number of hydrogen-bond donors (Lipinski definition) is 2. The van der Waals surface area contributed by atoms with Gasteiger partial charge in [-0.1, -0.05) is 13.0 Å². The summed E-state index contributed by atoms with van der Waals surface area (Å²) in [5.41, 5.74) is 7.73. The summed E-state index contributed by atoms with van der Waals surface area (Å²) in [5.74, 6) is -0.871. The molecule has 1 fully saturated rings. The third-order valence-corrected chi connectivity index (χ3v) is 3.94. The number of piperidine rings is 1. The van der Waals surface area contributed by atoms with Gasteiger partial charge in [-0.3, -0.25) is 4.79 Å². The molecule has 1 aromatic carbocycles. The third kappa shape index (κ3) is 2.76. The minimum absolute atomic E-state index is 0.254. The monoisotopic (exact) mass is 276 g/mol. The summed E-state index contributed by atoms with van der Waals surface area (Å²) in [5, 5.41) is 9.30. The summed E-state index contributed by atoms with van der Waals surface area (Å²) in [4.78, 5) is 25.3. The van der Waals surface area contributed by atoms with Crippen LogP contribution in [0.5, 0.6) is 0 Å². The smallest absolute Gasteiger partial charge is 0.326 e. The molecule has 5 heteroatoms. The Bertz CT molecular complexity index is 542. The number of carboxylic acid groups (broad SMARTS) is 1. The summed E-state index contributed by atoms with van der Waals surface area (Å²) in [6.07, 6.45) is 1.33. The van der Waals surface area contributed by atoms with Crippen molar-refractivity contribution in [1.82, 2.24) is 4.90 Å². The van der Waals surface area contributed by atoms with Crippen molar-refractivity contribution in [3.63, 3.8) is 0 Å². The van der Waals surface area contributed by atoms with E-state index < -0.39 is 12.0 Å². The molecule has 2 rings (SSSR count). The Morgan fingerprint density at radius 1 is 1.40 bits per heavy atom. The molecule has 0 radical (unpaired) electrons. The first-order valence-corrected chi connectivity index (χ1v) is 6.80. The number of anilines is 1. The second kappa shape index (κ2) is 5.53. The van der Waals surface area contributed by atoms with E-state index in [4.69, 9.17) is 5.73 Å². The van der Waals surface area contributed by atoms with Gasteiger partial charge >= 0.3 is 5.97 Å². The lowest BCUT2D eigenvalue weighted by Crippen LogP contribution is -2.49. The Kier molecular flexibility index (Phi) is 3.97. The molecule has 2 unspecified atom stereocenters. The molecule has 1 heterocycles. The van der Waals surface area contributed by atoms with Gasteiger partial charge in [-0.15, -0.1) is 0 Å². The molecule has 0 saturated carbocycles. The Morgan fingerprint density at radius 2 is 2.10 bits per heavy atom. The van der Waals surface area contributed by atoms with Crippen molar-refractivity contribution in [1.29, 1.82) is 0 Å². The maximum absolute atomic E-state index is 12.5. The molecule has 0 aliphatic carbocycles. The molecule has 1 amide bonds. The van der Waals surface area contributed by atoms with Crippen LogP contribution in [0.1, 0.15) is 35.7 Å². The largest absolute Gasteiger partial charge is 0.480 e. The number of aryl methyl sites for hydroxylation is 1. The van der Waals surface area contributed by atoms with Crippen molar-refractivity contribution in [3.05, 3.63) is 29.3 Å². The van der Waals surface area contributed by atoms with Gasteiger partial charge < -0.3 is 15.7 Å². The van der Waals surface area contributed by atoms with Crippen LogP contribution in [0.2, 0.25) is 0 Å². The number of amides is 1. The van der Waals surface area contributed by atoms with Crippen molar-refractivity contribution in [2.45, 2.75) is 32.7 Å². The number of benzene rings is 1. The number of carbonyl (C=O) groups excluding carboxylic acids is 1. The highest BCUT2D eigenvalue weighted by Crippen LogP contribution is 2.25. The van der Waals surface area contributed by atoms with Crippen LogP contribution >= 0.6 is 0 Å². The first-order chi connectivity index (χ1) is 9.40. The van der Waals surface area contributed by atoms with Crippen LogP contribution in [0, 0.1) is 12.8 Å². The van der Waals surface area contributed by atoms with Crippen molar-refractivity contribution in [2.24, 2.45) is 5.92 Å². The summed E-state index contributed by atoms with van der Waals surface area (Å²) in [7, 11) is 0. The Balaban J connectivity index is 2.26. The molecule has 1 aliphatic rings. The number of nitrogen functional groups attached to an aromatic ring is 1. The van der Waals surface area contributed by atoms with Gasteiger partial charge in [0.15, 0.2) is 0 Å². The van der Waals surface area contributed by atoms with Crippen LogP contribution in [0.3, 0.4) is 0 Å². The fourth-order valence-corrected chi connectivity index (χ4v) is 2.56. The molecule has 1 saturated heterocycles. The normalized spacial score (nSPS) is 22.6. The van der Waals surface area contributed by atoms with E-state index in [0.717, 1.165) is 12.0 Å². The molecular weight excluding hydrogens is 256 g/mol. The van der Waals surface area contributed by atoms with Crippen molar-refractivity contribution in [3.8, 4) is 0 Å². The van der Waals surface area contributed by atoms with Crippen LogP contribution in [0.4, 0.5) is 5.69 Å². The topological polar surface area (TPSA) is 83.6 Å². The second-order valence-corrected chi connectivity index (χ2v) is 5.55. The molecule has 108 valence electrons. The van der Waals surface area contributed by atoms with E-state index in [9.17, 15) is 14.7 Å². The molecule has 0 spiro atoms. The van der Waals surface area contributed by atoms with Crippen molar-refractivity contribution in [2.75, 3.05) is 12.3 Å². The van der Waals surface area contributed by atoms with E-state index in [1.54, 1.807) is 18.2 Å². The average Bonchev–Trinajstić information content (AvgIpc) is 2.41. The first kappa shape index (κ1) is 14.4. The van der Waals surface area contributed by atoms with E-state index in [2.05, 4.69) is 0 Å². The zero-order chi connectivity index (χ0) is 14.9. The molecule has 0 aromatic heterocycles. The van der Waals surface area contributed by atoms with Gasteiger partial charge in [0, 0.05) is 17.8 Å². The van der Waals surface area contributed by atoms with E-state index in [-0.39, 0.29) is 5.91 Å². The molecule has 1 aromatic rings. The average molecular weight is 276 g/mol. The quantitative estimate of drug-likeness (QED) is 0.808. The first-order valence-electron chi connectivity index (χ1n) is 6.80. The minimum Gasteiger partial charge on any atom is -0.480 e. The van der Waals surface area contributed by atoms with Crippen LogP contribution in [0.15, 0.2) is 18.2 Å². The zero-order valence-corrected chi connectivity index (χ0v) is 11.8.